The van der Waals surface area contributed by atoms with Crippen LogP contribution >= 0.6 is 23.4 Å². The van der Waals surface area contributed by atoms with Gasteiger partial charge in [-0.2, -0.15) is 0 Å². The summed E-state index contributed by atoms with van der Waals surface area (Å²) in [6.07, 6.45) is 0. The van der Waals surface area contributed by atoms with Crippen LogP contribution in [0.1, 0.15) is 16.7 Å². The summed E-state index contributed by atoms with van der Waals surface area (Å²) in [4.78, 5) is 28.5. The number of imide groups is 1. The Bertz CT molecular complexity index is 1160. The fourth-order valence-corrected chi connectivity index (χ4v) is 4.72. The molecule has 6 heteroatoms. The molecule has 4 nitrogen and oxygen atoms in total. The van der Waals surface area contributed by atoms with Gasteiger partial charge in [0.15, 0.2) is 0 Å². The maximum Gasteiger partial charge on any atom is 0.268 e. The van der Waals surface area contributed by atoms with E-state index >= 15 is 0 Å². The summed E-state index contributed by atoms with van der Waals surface area (Å²) < 4.78 is 5.48. The molecule has 1 heterocycles. The summed E-state index contributed by atoms with van der Waals surface area (Å²) in [5.74, 6) is 0.473. The number of hydrogen-bond donors (Lipinski definition) is 0. The zero-order valence-electron chi connectivity index (χ0n) is 16.9. The largest absolute Gasteiger partial charge is 0.496 e. The van der Waals surface area contributed by atoms with Crippen LogP contribution in [0.4, 0.5) is 0 Å². The van der Waals surface area contributed by atoms with Gasteiger partial charge in [0.2, 0.25) is 0 Å². The number of ether oxygens (including phenoxy) is 1. The average Bonchev–Trinajstić information content (AvgIpc) is 3.03. The summed E-state index contributed by atoms with van der Waals surface area (Å²) in [7, 11) is 1.55. The van der Waals surface area contributed by atoms with Crippen molar-refractivity contribution in [3.63, 3.8) is 0 Å². The smallest absolute Gasteiger partial charge is 0.268 e. The number of amides is 2. The van der Waals surface area contributed by atoms with Gasteiger partial charge in [0.05, 0.1) is 24.1 Å². The van der Waals surface area contributed by atoms with E-state index in [-0.39, 0.29) is 18.4 Å². The van der Waals surface area contributed by atoms with Gasteiger partial charge in [-0.1, -0.05) is 78.3 Å². The number of nitrogens with zero attached hydrogens (tertiary/aromatic N) is 1. The van der Waals surface area contributed by atoms with Crippen LogP contribution < -0.4 is 4.74 Å². The highest BCUT2D eigenvalue weighted by atomic mass is 35.5. The first-order chi connectivity index (χ1) is 15.1. The van der Waals surface area contributed by atoms with Gasteiger partial charge in [-0.3, -0.25) is 14.5 Å². The zero-order chi connectivity index (χ0) is 21.8. The van der Waals surface area contributed by atoms with Crippen LogP contribution in [-0.2, 0) is 21.9 Å². The molecular formula is C25H20ClNO3S. The molecule has 3 aromatic rings. The third-order valence-electron chi connectivity index (χ3n) is 5.01. The van der Waals surface area contributed by atoms with Crippen LogP contribution in [-0.4, -0.2) is 23.8 Å². The van der Waals surface area contributed by atoms with Crippen LogP contribution in [0.25, 0.3) is 5.57 Å². The van der Waals surface area contributed by atoms with Gasteiger partial charge in [0, 0.05) is 16.3 Å². The zero-order valence-corrected chi connectivity index (χ0v) is 18.5. The van der Waals surface area contributed by atoms with Crippen molar-refractivity contribution in [1.82, 2.24) is 4.90 Å². The molecule has 1 aliphatic rings. The standard InChI is InChI=1S/C25H20ClNO3S/c1-30-21-14-8-6-12-19(21)22-23(31-16-17-9-3-2-4-10-17)25(29)27(24(22)28)15-18-11-5-7-13-20(18)26/h2-14H,15-16H2,1H3. The molecule has 0 radical (unpaired) electrons. The van der Waals surface area contributed by atoms with Gasteiger partial charge in [0.25, 0.3) is 11.8 Å². The Hall–Kier alpha value is -3.02. The van der Waals surface area contributed by atoms with E-state index in [1.165, 1.54) is 16.7 Å². The van der Waals surface area contributed by atoms with Crippen molar-refractivity contribution < 1.29 is 14.3 Å². The minimum Gasteiger partial charge on any atom is -0.496 e. The number of benzene rings is 3. The van der Waals surface area contributed by atoms with E-state index in [2.05, 4.69) is 0 Å². The molecule has 0 unspecified atom stereocenters. The average molecular weight is 450 g/mol. The predicted molar refractivity (Wildman–Crippen MR) is 125 cm³/mol. The first-order valence-electron chi connectivity index (χ1n) is 9.74. The molecule has 31 heavy (non-hydrogen) atoms. The number of halogens is 1. The van der Waals surface area contributed by atoms with E-state index in [0.29, 0.717) is 32.6 Å². The van der Waals surface area contributed by atoms with Crippen LogP contribution in [0.3, 0.4) is 0 Å². The summed E-state index contributed by atoms with van der Waals surface area (Å²) in [5.41, 5.74) is 2.78. The van der Waals surface area contributed by atoms with Crippen molar-refractivity contribution in [2.45, 2.75) is 12.3 Å². The van der Waals surface area contributed by atoms with E-state index < -0.39 is 0 Å². The normalized spacial score (nSPS) is 13.8. The molecule has 156 valence electrons. The Morgan fingerprint density at radius 2 is 1.55 bits per heavy atom. The highest BCUT2D eigenvalue weighted by Gasteiger charge is 2.40. The van der Waals surface area contributed by atoms with Crippen LogP contribution in [0.5, 0.6) is 5.75 Å². The number of para-hydroxylation sites is 1. The van der Waals surface area contributed by atoms with Gasteiger partial charge in [0.1, 0.15) is 5.75 Å². The monoisotopic (exact) mass is 449 g/mol. The molecule has 0 fully saturated rings. The molecule has 0 aliphatic carbocycles. The molecule has 0 N–H and O–H groups in total. The third kappa shape index (κ3) is 4.38. The van der Waals surface area contributed by atoms with Gasteiger partial charge in [-0.05, 0) is 23.3 Å². The van der Waals surface area contributed by atoms with E-state index in [1.54, 1.807) is 25.3 Å². The lowest BCUT2D eigenvalue weighted by atomic mass is 10.0. The number of methoxy groups -OCH3 is 1. The number of carbonyl (C=O) groups excluding carboxylic acids is 2. The Kier molecular flexibility index (Phi) is 6.44. The van der Waals surface area contributed by atoms with Crippen molar-refractivity contribution in [2.75, 3.05) is 7.11 Å². The van der Waals surface area contributed by atoms with Crippen molar-refractivity contribution >= 4 is 40.8 Å². The lowest BCUT2D eigenvalue weighted by Crippen LogP contribution is -2.31. The fourth-order valence-electron chi connectivity index (χ4n) is 3.45. The minimum atomic E-state index is -0.343. The maximum absolute atomic E-state index is 13.5. The quantitative estimate of drug-likeness (QED) is 0.443. The second-order valence-electron chi connectivity index (χ2n) is 6.97. The molecular weight excluding hydrogens is 430 g/mol. The molecule has 3 aromatic carbocycles. The Labute approximate surface area is 190 Å². The summed E-state index contributed by atoms with van der Waals surface area (Å²) in [6.45, 7) is 0.116. The van der Waals surface area contributed by atoms with Crippen LogP contribution in [0, 0.1) is 0 Å². The van der Waals surface area contributed by atoms with E-state index in [4.69, 9.17) is 16.3 Å². The first kappa shape index (κ1) is 21.2. The summed E-state index contributed by atoms with van der Waals surface area (Å²) in [6, 6.07) is 24.3. The SMILES string of the molecule is COc1ccccc1C1=C(SCc2ccccc2)C(=O)N(Cc2ccccc2Cl)C1=O. The molecule has 0 bridgehead atoms. The van der Waals surface area contributed by atoms with Gasteiger partial charge in [-0.15, -0.1) is 11.8 Å². The number of rotatable bonds is 7. The van der Waals surface area contributed by atoms with Crippen molar-refractivity contribution in [1.29, 1.82) is 0 Å². The highest BCUT2D eigenvalue weighted by molar-refractivity contribution is 8.03. The third-order valence-corrected chi connectivity index (χ3v) is 6.53. The van der Waals surface area contributed by atoms with E-state index in [0.717, 1.165) is 11.1 Å². The van der Waals surface area contributed by atoms with Crippen LogP contribution in [0.15, 0.2) is 83.8 Å². The second kappa shape index (κ2) is 9.41. The first-order valence-corrected chi connectivity index (χ1v) is 11.1. The van der Waals surface area contributed by atoms with Crippen molar-refractivity contribution in [2.24, 2.45) is 0 Å². The number of hydrogen-bond acceptors (Lipinski definition) is 4. The molecule has 2 amide bonds. The summed E-state index contributed by atoms with van der Waals surface area (Å²) >= 11 is 7.66. The topological polar surface area (TPSA) is 46.6 Å². The Morgan fingerprint density at radius 1 is 0.871 bits per heavy atom. The van der Waals surface area contributed by atoms with E-state index in [1.807, 2.05) is 60.7 Å². The minimum absolute atomic E-state index is 0.116. The maximum atomic E-state index is 13.5. The molecule has 1 aliphatic heterocycles. The molecule has 0 saturated carbocycles. The van der Waals surface area contributed by atoms with Crippen molar-refractivity contribution in [3.05, 3.63) is 105 Å². The lowest BCUT2D eigenvalue weighted by Gasteiger charge is -2.16. The molecule has 0 saturated heterocycles. The Balaban J connectivity index is 1.72. The number of thioether (sulfide) groups is 1. The molecule has 0 aromatic heterocycles. The van der Waals surface area contributed by atoms with Gasteiger partial charge in [-0.25, -0.2) is 0 Å². The molecule has 0 spiro atoms. The lowest BCUT2D eigenvalue weighted by molar-refractivity contribution is -0.137. The molecule has 0 atom stereocenters. The molecule has 4 rings (SSSR count). The number of carbonyl (C=O) groups is 2. The van der Waals surface area contributed by atoms with Gasteiger partial charge < -0.3 is 4.74 Å². The van der Waals surface area contributed by atoms with E-state index in [9.17, 15) is 9.59 Å². The fraction of sp³-hybridized carbons (Fsp3) is 0.120. The summed E-state index contributed by atoms with van der Waals surface area (Å²) in [5, 5.41) is 0.521. The second-order valence-corrected chi connectivity index (χ2v) is 8.36. The Morgan fingerprint density at radius 3 is 2.29 bits per heavy atom. The van der Waals surface area contributed by atoms with Crippen molar-refractivity contribution in [3.8, 4) is 5.75 Å². The predicted octanol–water partition coefficient (Wildman–Crippen LogP) is 5.56. The van der Waals surface area contributed by atoms with Gasteiger partial charge >= 0.3 is 0 Å². The van der Waals surface area contributed by atoms with Crippen LogP contribution in [0.2, 0.25) is 5.02 Å². The highest BCUT2D eigenvalue weighted by Crippen LogP contribution is 2.41.